The Bertz CT molecular complexity index is 1200. The predicted octanol–water partition coefficient (Wildman–Crippen LogP) is 5.08. The van der Waals surface area contributed by atoms with Gasteiger partial charge in [-0.3, -0.25) is 4.79 Å². The summed E-state index contributed by atoms with van der Waals surface area (Å²) in [7, 11) is 3.14. The van der Waals surface area contributed by atoms with E-state index in [9.17, 15) is 9.59 Å². The lowest BCUT2D eigenvalue weighted by molar-refractivity contribution is 0.0600. The molecule has 2 heterocycles. The minimum Gasteiger partial charge on any atom is -0.465 e. The van der Waals surface area contributed by atoms with E-state index in [4.69, 9.17) is 32.7 Å². The van der Waals surface area contributed by atoms with Gasteiger partial charge in [0.2, 0.25) is 0 Å². The van der Waals surface area contributed by atoms with Crippen LogP contribution < -0.4 is 5.32 Å². The predicted molar refractivity (Wildman–Crippen MR) is 123 cm³/mol. The van der Waals surface area contributed by atoms with Gasteiger partial charge in [0.05, 0.1) is 34.9 Å². The Balaban J connectivity index is 1.72. The van der Waals surface area contributed by atoms with Gasteiger partial charge in [-0.15, -0.1) is 0 Å². The number of carbonyl (C=O) groups excluding carboxylic acids is 2. The molecular weight excluding hydrogens is 507 g/mol. The lowest BCUT2D eigenvalue weighted by atomic mass is 9.88. The first-order chi connectivity index (χ1) is 14.8. The summed E-state index contributed by atoms with van der Waals surface area (Å²) < 4.78 is 12.9. The van der Waals surface area contributed by atoms with Crippen molar-refractivity contribution in [2.24, 2.45) is 7.05 Å². The summed E-state index contributed by atoms with van der Waals surface area (Å²) in [6.45, 7) is 0.813. The van der Waals surface area contributed by atoms with Gasteiger partial charge in [0.15, 0.2) is 0 Å². The smallest absolute Gasteiger partial charge is 0.337 e. The monoisotopic (exact) mass is 524 g/mol. The quantitative estimate of drug-likeness (QED) is 0.482. The number of fused-ring (bicyclic) bond motifs is 1. The van der Waals surface area contributed by atoms with E-state index in [1.807, 2.05) is 12.1 Å². The molecule has 0 bridgehead atoms. The molecule has 0 spiro atoms. The minimum atomic E-state index is -0.748. The summed E-state index contributed by atoms with van der Waals surface area (Å²) in [5, 5.41) is 4.71. The molecule has 1 atom stereocenters. The zero-order valence-electron chi connectivity index (χ0n) is 16.8. The van der Waals surface area contributed by atoms with Crippen molar-refractivity contribution in [3.05, 3.63) is 67.7 Å². The number of aryl methyl sites for hydroxylation is 1. The molecule has 1 aromatic heterocycles. The second kappa shape index (κ2) is 8.47. The Morgan fingerprint density at radius 1 is 1.23 bits per heavy atom. The van der Waals surface area contributed by atoms with Crippen molar-refractivity contribution in [3.8, 4) is 0 Å². The van der Waals surface area contributed by atoms with Crippen LogP contribution in [0, 0.1) is 0 Å². The molecule has 4 rings (SSSR count). The standard InChI is InChI=1S/C22H19BrCl2N2O4/c1-27-17-6-5-16(24)19(25)13(17)10-18(27)20(28)26-22(7-8-31-11-22)14-4-3-12(9-15(14)23)21(29)30-2/h3-6,9-10H,7-8,11H2,1-2H3,(H,26,28). The third-order valence-electron chi connectivity index (χ3n) is 5.63. The van der Waals surface area contributed by atoms with Crippen molar-refractivity contribution in [2.45, 2.75) is 12.0 Å². The summed E-state index contributed by atoms with van der Waals surface area (Å²) in [5.41, 5.74) is 1.75. The third kappa shape index (κ3) is 3.84. The number of nitrogens with one attached hydrogen (secondary N) is 1. The SMILES string of the molecule is COC(=O)c1ccc(C2(NC(=O)c3cc4c(Cl)c(Cl)ccc4n3C)CCOC2)c(Br)c1. The van der Waals surface area contributed by atoms with Gasteiger partial charge in [-0.2, -0.15) is 0 Å². The topological polar surface area (TPSA) is 69.6 Å². The van der Waals surface area contributed by atoms with Crippen molar-refractivity contribution in [1.29, 1.82) is 0 Å². The number of aromatic nitrogens is 1. The van der Waals surface area contributed by atoms with E-state index < -0.39 is 11.5 Å². The van der Waals surface area contributed by atoms with E-state index in [0.29, 0.717) is 50.8 Å². The van der Waals surface area contributed by atoms with Crippen molar-refractivity contribution in [3.63, 3.8) is 0 Å². The fourth-order valence-corrected chi connectivity index (χ4v) is 5.08. The molecule has 162 valence electrons. The number of nitrogens with zero attached hydrogens (tertiary/aromatic N) is 1. The van der Waals surface area contributed by atoms with Crippen LogP contribution in [0.25, 0.3) is 10.9 Å². The van der Waals surface area contributed by atoms with E-state index in [1.54, 1.807) is 35.9 Å². The van der Waals surface area contributed by atoms with Gasteiger partial charge >= 0.3 is 5.97 Å². The number of carbonyl (C=O) groups is 2. The van der Waals surface area contributed by atoms with Crippen LogP contribution in [0.15, 0.2) is 40.9 Å². The zero-order chi connectivity index (χ0) is 22.3. The molecular formula is C22H19BrCl2N2O4. The van der Waals surface area contributed by atoms with E-state index >= 15 is 0 Å². The average Bonchev–Trinajstić information content (AvgIpc) is 3.35. The number of hydrogen-bond acceptors (Lipinski definition) is 4. The molecule has 1 amide bonds. The van der Waals surface area contributed by atoms with Crippen LogP contribution >= 0.6 is 39.1 Å². The van der Waals surface area contributed by atoms with E-state index in [1.165, 1.54) is 7.11 Å². The highest BCUT2D eigenvalue weighted by atomic mass is 79.9. The molecule has 0 radical (unpaired) electrons. The third-order valence-corrected chi connectivity index (χ3v) is 7.10. The largest absolute Gasteiger partial charge is 0.465 e. The van der Waals surface area contributed by atoms with Crippen molar-refractivity contribution < 1.29 is 19.1 Å². The fraction of sp³-hybridized carbons (Fsp3) is 0.273. The van der Waals surface area contributed by atoms with Crippen LogP contribution in [0.3, 0.4) is 0 Å². The summed E-state index contributed by atoms with van der Waals surface area (Å²) in [4.78, 5) is 25.2. The van der Waals surface area contributed by atoms with E-state index in [0.717, 1.165) is 11.1 Å². The lowest BCUT2D eigenvalue weighted by Gasteiger charge is -2.30. The average molecular weight is 526 g/mol. The molecule has 31 heavy (non-hydrogen) atoms. The van der Waals surface area contributed by atoms with E-state index in [-0.39, 0.29) is 5.91 Å². The number of amides is 1. The molecule has 1 N–H and O–H groups in total. The van der Waals surface area contributed by atoms with Crippen LogP contribution in [0.1, 0.15) is 32.8 Å². The molecule has 0 saturated carbocycles. The number of ether oxygens (including phenoxy) is 2. The maximum atomic E-state index is 13.3. The maximum Gasteiger partial charge on any atom is 0.337 e. The number of rotatable bonds is 4. The van der Waals surface area contributed by atoms with Gasteiger partial charge in [0.1, 0.15) is 5.69 Å². The molecule has 1 aliphatic rings. The van der Waals surface area contributed by atoms with Crippen molar-refractivity contribution >= 4 is 61.9 Å². The zero-order valence-corrected chi connectivity index (χ0v) is 19.9. The van der Waals surface area contributed by atoms with Crippen LogP contribution in [-0.4, -0.2) is 36.8 Å². The fourth-order valence-electron chi connectivity index (χ4n) is 3.94. The molecule has 1 fully saturated rings. The highest BCUT2D eigenvalue weighted by Crippen LogP contribution is 2.37. The molecule has 6 nitrogen and oxygen atoms in total. The van der Waals surface area contributed by atoms with Crippen LogP contribution in [0.2, 0.25) is 10.0 Å². The van der Waals surface area contributed by atoms with Crippen LogP contribution in [-0.2, 0) is 22.1 Å². The van der Waals surface area contributed by atoms with E-state index in [2.05, 4.69) is 21.2 Å². The van der Waals surface area contributed by atoms with Gasteiger partial charge in [-0.05, 0) is 35.9 Å². The first-order valence-corrected chi connectivity index (χ1v) is 11.0. The number of halogens is 3. The van der Waals surface area contributed by atoms with Crippen LogP contribution in [0.5, 0.6) is 0 Å². The Hall–Kier alpha value is -2.06. The first-order valence-electron chi connectivity index (χ1n) is 9.49. The summed E-state index contributed by atoms with van der Waals surface area (Å²) >= 11 is 16.0. The van der Waals surface area contributed by atoms with Crippen LogP contribution in [0.4, 0.5) is 0 Å². The molecule has 1 unspecified atom stereocenters. The number of hydrogen-bond donors (Lipinski definition) is 1. The molecule has 1 saturated heterocycles. The number of benzene rings is 2. The van der Waals surface area contributed by atoms with Crippen molar-refractivity contribution in [1.82, 2.24) is 9.88 Å². The van der Waals surface area contributed by atoms with Crippen molar-refractivity contribution in [2.75, 3.05) is 20.3 Å². The Kier molecular flexibility index (Phi) is 6.05. The highest BCUT2D eigenvalue weighted by molar-refractivity contribution is 9.10. The van der Waals surface area contributed by atoms with Gasteiger partial charge in [-0.25, -0.2) is 4.79 Å². The molecule has 1 aliphatic heterocycles. The second-order valence-corrected chi connectivity index (χ2v) is 9.05. The lowest BCUT2D eigenvalue weighted by Crippen LogP contribution is -2.47. The summed E-state index contributed by atoms with van der Waals surface area (Å²) in [6.07, 6.45) is 0.589. The second-order valence-electron chi connectivity index (χ2n) is 7.41. The maximum absolute atomic E-state index is 13.3. The molecule has 0 aliphatic carbocycles. The summed E-state index contributed by atoms with van der Waals surface area (Å²) in [6, 6.07) is 10.4. The Morgan fingerprint density at radius 3 is 2.65 bits per heavy atom. The highest BCUT2D eigenvalue weighted by Gasteiger charge is 2.40. The molecule has 3 aromatic rings. The molecule has 2 aromatic carbocycles. The van der Waals surface area contributed by atoms with Gasteiger partial charge in [0.25, 0.3) is 5.91 Å². The van der Waals surface area contributed by atoms with Gasteiger partial charge in [0, 0.05) is 35.5 Å². The Morgan fingerprint density at radius 2 is 2.00 bits per heavy atom. The van der Waals surface area contributed by atoms with Gasteiger partial charge in [-0.1, -0.05) is 45.2 Å². The van der Waals surface area contributed by atoms with Gasteiger partial charge < -0.3 is 19.4 Å². The first kappa shape index (κ1) is 22.1. The normalized spacial score (nSPS) is 18.4. The Labute approximate surface area is 197 Å². The minimum absolute atomic E-state index is 0.264. The number of esters is 1. The summed E-state index contributed by atoms with van der Waals surface area (Å²) in [5.74, 6) is -0.695. The number of methoxy groups -OCH3 is 1. The molecule has 9 heteroatoms.